The summed E-state index contributed by atoms with van der Waals surface area (Å²) in [5.74, 6) is 0.680. The van der Waals surface area contributed by atoms with Gasteiger partial charge in [-0.1, -0.05) is 19.3 Å². The molecule has 1 fully saturated rings. The number of hydrogen-bond donors (Lipinski definition) is 0. The predicted octanol–water partition coefficient (Wildman–Crippen LogP) is 3.14. The molecular formula is C9H15BF3O-. The van der Waals surface area contributed by atoms with Gasteiger partial charge in [-0.3, -0.25) is 0 Å². The van der Waals surface area contributed by atoms with Gasteiger partial charge in [-0.25, -0.2) is 0 Å². The van der Waals surface area contributed by atoms with Gasteiger partial charge in [0.05, 0.1) is 0 Å². The molecule has 0 aromatic carbocycles. The summed E-state index contributed by atoms with van der Waals surface area (Å²) in [5.41, 5.74) is -0.737. The van der Waals surface area contributed by atoms with Crippen molar-refractivity contribution in [1.82, 2.24) is 0 Å². The van der Waals surface area contributed by atoms with Crippen LogP contribution in [0.4, 0.5) is 12.9 Å². The van der Waals surface area contributed by atoms with E-state index in [-0.39, 0.29) is 6.61 Å². The first kappa shape index (κ1) is 11.6. The third-order valence-corrected chi connectivity index (χ3v) is 2.65. The first-order valence-electron chi connectivity index (χ1n) is 4.95. The fraction of sp³-hybridized carbons (Fsp3) is 0.778. The number of halogens is 3. The van der Waals surface area contributed by atoms with Crippen molar-refractivity contribution in [2.24, 2.45) is 5.92 Å². The summed E-state index contributed by atoms with van der Waals surface area (Å²) in [6.45, 7) is -1.90. The second-order valence-corrected chi connectivity index (χ2v) is 3.87. The fourth-order valence-corrected chi connectivity index (χ4v) is 1.33. The molecule has 0 amide bonds. The van der Waals surface area contributed by atoms with Gasteiger partial charge in [-0.05, 0) is 12.3 Å². The molecule has 0 unspecified atom stereocenters. The van der Waals surface area contributed by atoms with Crippen LogP contribution in [-0.4, -0.2) is 20.2 Å². The van der Waals surface area contributed by atoms with Crippen molar-refractivity contribution in [3.8, 4) is 0 Å². The molecule has 1 aliphatic rings. The monoisotopic (exact) mass is 207 g/mol. The summed E-state index contributed by atoms with van der Waals surface area (Å²) in [6.07, 6.45) is 4.54. The molecule has 1 rings (SSSR count). The highest BCUT2D eigenvalue weighted by molar-refractivity contribution is 6.66. The Balaban J connectivity index is 2.00. The van der Waals surface area contributed by atoms with Crippen LogP contribution in [0.15, 0.2) is 12.1 Å². The van der Waals surface area contributed by atoms with Gasteiger partial charge in [0.1, 0.15) is 0 Å². The van der Waals surface area contributed by atoms with Gasteiger partial charge >= 0.3 is 6.98 Å². The van der Waals surface area contributed by atoms with Crippen LogP contribution in [-0.2, 0) is 4.74 Å². The van der Waals surface area contributed by atoms with E-state index in [1.165, 1.54) is 19.3 Å². The third-order valence-electron chi connectivity index (χ3n) is 2.65. The molecule has 0 atom stereocenters. The van der Waals surface area contributed by atoms with Crippen LogP contribution < -0.4 is 0 Å². The zero-order valence-electron chi connectivity index (χ0n) is 8.15. The minimum atomic E-state index is -4.91. The largest absolute Gasteiger partial charge is 0.507 e. The van der Waals surface area contributed by atoms with Crippen LogP contribution in [0.3, 0.4) is 0 Å². The van der Waals surface area contributed by atoms with E-state index in [2.05, 4.69) is 6.58 Å². The van der Waals surface area contributed by atoms with E-state index in [0.29, 0.717) is 12.5 Å². The molecule has 0 heterocycles. The molecule has 0 aliphatic heterocycles. The lowest BCUT2D eigenvalue weighted by atomic mass is 9.81. The van der Waals surface area contributed by atoms with Gasteiger partial charge in [0, 0.05) is 13.2 Å². The van der Waals surface area contributed by atoms with Crippen molar-refractivity contribution < 1.29 is 17.7 Å². The Labute approximate surface area is 82.4 Å². The van der Waals surface area contributed by atoms with Gasteiger partial charge in [0.2, 0.25) is 0 Å². The Hall–Kier alpha value is -0.445. The smallest absolute Gasteiger partial charge is 0.445 e. The van der Waals surface area contributed by atoms with E-state index < -0.39 is 12.4 Å². The third kappa shape index (κ3) is 3.74. The van der Waals surface area contributed by atoms with E-state index >= 15 is 0 Å². The van der Waals surface area contributed by atoms with Crippen LogP contribution in [0.25, 0.3) is 0 Å². The van der Waals surface area contributed by atoms with Crippen LogP contribution >= 0.6 is 0 Å². The topological polar surface area (TPSA) is 9.23 Å². The normalized spacial score (nSPS) is 17.9. The van der Waals surface area contributed by atoms with Gasteiger partial charge in [0.15, 0.2) is 0 Å². The minimum absolute atomic E-state index is 0.365. The summed E-state index contributed by atoms with van der Waals surface area (Å²) in [7, 11) is 0. The molecular weight excluding hydrogens is 192 g/mol. The molecule has 82 valence electrons. The highest BCUT2D eigenvalue weighted by atomic mass is 19.4. The van der Waals surface area contributed by atoms with Crippen molar-refractivity contribution in [3.05, 3.63) is 12.1 Å². The lowest BCUT2D eigenvalue weighted by Crippen LogP contribution is -2.23. The van der Waals surface area contributed by atoms with Gasteiger partial charge in [-0.2, -0.15) is 0 Å². The quantitative estimate of drug-likeness (QED) is 0.480. The van der Waals surface area contributed by atoms with Crippen LogP contribution in [0, 0.1) is 5.92 Å². The highest BCUT2D eigenvalue weighted by Gasteiger charge is 2.26. The second kappa shape index (κ2) is 4.87. The van der Waals surface area contributed by atoms with Crippen LogP contribution in [0.1, 0.15) is 25.7 Å². The van der Waals surface area contributed by atoms with Crippen molar-refractivity contribution >= 4 is 6.98 Å². The lowest BCUT2D eigenvalue weighted by molar-refractivity contribution is 0.124. The molecule has 5 heteroatoms. The summed E-state index contributed by atoms with van der Waals surface area (Å²) < 4.78 is 40.9. The van der Waals surface area contributed by atoms with E-state index in [1.807, 2.05) is 0 Å². The maximum absolute atomic E-state index is 12.0. The van der Waals surface area contributed by atoms with Crippen molar-refractivity contribution in [2.75, 3.05) is 13.2 Å². The van der Waals surface area contributed by atoms with E-state index in [4.69, 9.17) is 4.74 Å². The Bertz CT molecular complexity index is 199. The molecule has 1 nitrogen and oxygen atoms in total. The highest BCUT2D eigenvalue weighted by Crippen LogP contribution is 2.29. The molecule has 1 saturated carbocycles. The summed E-state index contributed by atoms with van der Waals surface area (Å²) in [5, 5.41) is 0. The zero-order chi connectivity index (χ0) is 10.6. The Morgan fingerprint density at radius 2 is 2.00 bits per heavy atom. The summed E-state index contributed by atoms with van der Waals surface area (Å²) >= 11 is 0. The zero-order valence-corrected chi connectivity index (χ0v) is 8.15. The van der Waals surface area contributed by atoms with Gasteiger partial charge < -0.3 is 17.7 Å². The molecule has 0 radical (unpaired) electrons. The van der Waals surface area contributed by atoms with Crippen LogP contribution in [0.5, 0.6) is 0 Å². The Morgan fingerprint density at radius 1 is 1.36 bits per heavy atom. The molecule has 0 aromatic rings. The van der Waals surface area contributed by atoms with Crippen molar-refractivity contribution in [1.29, 1.82) is 0 Å². The lowest BCUT2D eigenvalue weighted by Gasteiger charge is -2.25. The minimum Gasteiger partial charge on any atom is -0.445 e. The second-order valence-electron chi connectivity index (χ2n) is 3.87. The molecule has 0 N–H and O–H groups in total. The van der Waals surface area contributed by atoms with E-state index in [1.54, 1.807) is 0 Å². The molecule has 1 aliphatic carbocycles. The maximum atomic E-state index is 12.0. The standard InChI is InChI=1S/C9H15BF3O/c1-8(10(11,12)13)7-14-6-5-9-3-2-4-9/h9H,1-7H2/q-1. The first-order chi connectivity index (χ1) is 6.50. The molecule has 14 heavy (non-hydrogen) atoms. The van der Waals surface area contributed by atoms with Crippen molar-refractivity contribution in [2.45, 2.75) is 25.7 Å². The Kier molecular flexibility index (Phi) is 4.04. The SMILES string of the molecule is C=C(COCCC1CCC1)[B-](F)(F)F. The number of ether oxygens (including phenoxy) is 1. The summed E-state index contributed by atoms with van der Waals surface area (Å²) in [4.78, 5) is 0. The summed E-state index contributed by atoms with van der Waals surface area (Å²) in [6, 6.07) is 0. The number of hydrogen-bond acceptors (Lipinski definition) is 1. The molecule has 0 bridgehead atoms. The van der Waals surface area contributed by atoms with Crippen molar-refractivity contribution in [3.63, 3.8) is 0 Å². The maximum Gasteiger partial charge on any atom is 0.507 e. The average Bonchev–Trinajstić information content (AvgIpc) is 1.98. The predicted molar refractivity (Wildman–Crippen MR) is 51.0 cm³/mol. The molecule has 0 aromatic heterocycles. The van der Waals surface area contributed by atoms with E-state index in [9.17, 15) is 12.9 Å². The Morgan fingerprint density at radius 3 is 2.43 bits per heavy atom. The number of rotatable bonds is 6. The fourth-order valence-electron chi connectivity index (χ4n) is 1.33. The first-order valence-corrected chi connectivity index (χ1v) is 4.95. The molecule has 0 spiro atoms. The van der Waals surface area contributed by atoms with Gasteiger partial charge in [-0.15, -0.1) is 12.1 Å². The molecule has 0 saturated heterocycles. The van der Waals surface area contributed by atoms with E-state index in [0.717, 1.165) is 6.42 Å². The van der Waals surface area contributed by atoms with Gasteiger partial charge in [0.25, 0.3) is 0 Å². The van der Waals surface area contributed by atoms with Crippen LogP contribution in [0.2, 0.25) is 0 Å². The average molecular weight is 207 g/mol.